The number of rotatable bonds is 19. The number of hydrogen-bond acceptors (Lipinski definition) is 20. The van der Waals surface area contributed by atoms with Crippen LogP contribution in [0.2, 0.25) is 0 Å². The third-order valence-corrected chi connectivity index (χ3v) is 23.9. The molecule has 6 aliphatic heterocycles. The van der Waals surface area contributed by atoms with Gasteiger partial charge in [-0.2, -0.15) is 15.8 Å². The summed E-state index contributed by atoms with van der Waals surface area (Å²) in [7, 11) is 2.07. The second-order valence-corrected chi connectivity index (χ2v) is 32.0. The first-order chi connectivity index (χ1) is 61.0. The number of likely N-dealkylation sites (tertiary alicyclic amines) is 4. The van der Waals surface area contributed by atoms with Gasteiger partial charge in [0.15, 0.2) is 0 Å². The highest BCUT2D eigenvalue weighted by atomic mass is 16.5. The quantitative estimate of drug-likeness (QED) is 0.0395. The Bertz CT molecular complexity index is 6100. The number of nitrogens with one attached hydrogen (secondary N) is 4. The normalized spacial score (nSPS) is 15.9. The minimum Gasteiger partial charge on any atom is -0.489 e. The lowest BCUT2D eigenvalue weighted by Gasteiger charge is -2.32. The summed E-state index contributed by atoms with van der Waals surface area (Å²) in [4.78, 5) is 109. The maximum Gasteiger partial charge on any atom is 0.253 e. The number of piperazine rings is 1. The molecule has 6 aromatic carbocycles. The minimum atomic E-state index is -0.489. The molecule has 12 aromatic rings. The number of ether oxygens (including phenoxy) is 4. The van der Waals surface area contributed by atoms with Crippen LogP contribution in [-0.2, 0) is 19.1 Å². The molecule has 0 saturated carbocycles. The molecular weight excluding hydrogens is 1590 g/mol. The zero-order valence-corrected chi connectivity index (χ0v) is 69.1. The predicted octanol–water partition coefficient (Wildman–Crippen LogP) is 11.1. The molecule has 18 rings (SSSR count). The summed E-state index contributed by atoms with van der Waals surface area (Å²) in [6.07, 6.45) is 10.8. The van der Waals surface area contributed by atoms with Crippen molar-refractivity contribution >= 4 is 68.2 Å². The van der Waals surface area contributed by atoms with Crippen molar-refractivity contribution in [2.45, 2.75) is 75.7 Å². The van der Waals surface area contributed by atoms with Crippen molar-refractivity contribution in [1.82, 2.24) is 64.6 Å². The van der Waals surface area contributed by atoms with Gasteiger partial charge in [0.1, 0.15) is 73.6 Å². The van der Waals surface area contributed by atoms with Crippen molar-refractivity contribution in [3.05, 3.63) is 216 Å². The van der Waals surface area contributed by atoms with E-state index in [2.05, 4.69) is 65.4 Å². The average Bonchev–Trinajstić information content (AvgIpc) is 1.74. The van der Waals surface area contributed by atoms with Gasteiger partial charge in [-0.1, -0.05) is 36.4 Å². The van der Waals surface area contributed by atoms with E-state index in [0.29, 0.717) is 142 Å². The first kappa shape index (κ1) is 84.5. The summed E-state index contributed by atoms with van der Waals surface area (Å²) in [5.74, 6) is 0.716. The van der Waals surface area contributed by atoms with Gasteiger partial charge in [-0.15, -0.1) is 0 Å². The summed E-state index contributed by atoms with van der Waals surface area (Å²) in [5.41, 5.74) is 16.2. The lowest BCUT2D eigenvalue weighted by molar-refractivity contribution is -0.136. The topological polar surface area (TPSA) is 389 Å². The zero-order valence-electron chi connectivity index (χ0n) is 69.1. The van der Waals surface area contributed by atoms with Crippen LogP contribution in [-0.4, -0.2) is 253 Å². The zero-order chi connectivity index (χ0) is 86.6. The molecule has 0 spiro atoms. The van der Waals surface area contributed by atoms with E-state index in [0.717, 1.165) is 152 Å². The fraction of sp³-hybridized carbons (Fsp3) is 0.312. The second-order valence-electron chi connectivity index (χ2n) is 32.0. The number of H-pyrrole nitrogens is 3. The molecule has 7 N–H and O–H groups in total. The molecule has 6 saturated heterocycles. The molecule has 29 nitrogen and oxygen atoms in total. The van der Waals surface area contributed by atoms with Crippen molar-refractivity contribution in [3.8, 4) is 103 Å². The van der Waals surface area contributed by atoms with Crippen molar-refractivity contribution in [3.63, 3.8) is 0 Å². The monoisotopic (exact) mass is 1680 g/mol. The molecule has 0 unspecified atom stereocenters. The molecule has 636 valence electrons. The van der Waals surface area contributed by atoms with E-state index in [4.69, 9.17) is 34.3 Å². The number of fused-ring (bicyclic) bond motifs is 3. The first-order valence-corrected chi connectivity index (χ1v) is 42.2. The fourth-order valence-corrected chi connectivity index (χ4v) is 16.7. The number of piperidine rings is 3. The van der Waals surface area contributed by atoms with Gasteiger partial charge >= 0.3 is 0 Å². The SMILES string of the molecule is CN1CCN(C(=O)c2ccc(-c3cc4c(-c5ccc(OC6CCN(C(=O)CO)CC6)c(C#N)c5)nccc4[nH]3)cc2)CC1.N#Cc1cc(-c2nccc3[nH]c(-c4ccc(C(=O)N5CCCC5)cc4)cc23)ccc1OC1CCN(C(=O)CO)CC1.N#Cc1cc(-c2nccc3[nH]c(-c4ccc(C(=O)NC5COC5)cc4)cc23)ccc1OC1CCN(C(=O)CO)CC1. The number of aromatic amines is 3. The lowest BCUT2D eigenvalue weighted by atomic mass is 10.0. The number of nitrogens with zero attached hydrogens (tertiary/aromatic N) is 12. The van der Waals surface area contributed by atoms with Crippen LogP contribution >= 0.6 is 0 Å². The molecule has 6 fully saturated rings. The summed E-state index contributed by atoms with van der Waals surface area (Å²) < 4.78 is 23.6. The van der Waals surface area contributed by atoms with Crippen LogP contribution in [0.15, 0.2) is 182 Å². The number of aromatic nitrogens is 6. The Morgan fingerprint density at radius 1 is 0.400 bits per heavy atom. The standard InChI is InChI=1S/C33H34N6O4.C32H31N5O4.C31H29N5O5/c1-37-14-16-39(17-15-37)33(42)23-4-2-22(3-5-23)29-19-27-28(36-29)8-11-35-32(27)24-6-7-30(25(18-24)20-34)43-26-9-12-38(13-10-26)31(41)21-40;33-19-24-17-23(7-8-29(24)41-25-10-15-36(16-11-25)30(39)20-38)31-26-18-28(35-27(26)9-12-34-31)21-3-5-22(6-4-21)32(40)37-13-1-2-14-37;32-15-22-13-21(5-6-28(22)41-24-8-11-36(12-9-24)29(38)16-37)30-25-14-27(35-26(25)7-10-33-30)19-1-3-20(4-2-19)31(39)34-23-17-40-18-23/h2-8,11,18-19,26,36,40H,9-10,12-17,21H2,1H3;3-9,12,17-18,25,35,38H,1-2,10-11,13-16,20H2;1-7,10,13-14,23-24,35,37H,8-9,11-12,16-18H2,(H,34,39). The highest BCUT2D eigenvalue weighted by Gasteiger charge is 2.31. The van der Waals surface area contributed by atoms with Gasteiger partial charge in [0.2, 0.25) is 17.7 Å². The van der Waals surface area contributed by atoms with Gasteiger partial charge in [-0.3, -0.25) is 43.7 Å². The Kier molecular flexibility index (Phi) is 26.0. The van der Waals surface area contributed by atoms with E-state index in [-0.39, 0.29) is 59.8 Å². The molecule has 6 aliphatic rings. The fourth-order valence-electron chi connectivity index (χ4n) is 16.7. The van der Waals surface area contributed by atoms with Gasteiger partial charge in [0.05, 0.1) is 53.0 Å². The first-order valence-electron chi connectivity index (χ1n) is 42.2. The van der Waals surface area contributed by atoms with Gasteiger partial charge in [0, 0.05) is 219 Å². The van der Waals surface area contributed by atoms with Crippen molar-refractivity contribution < 1.29 is 63.0 Å². The summed E-state index contributed by atoms with van der Waals surface area (Å²) in [6, 6.07) is 58.0. The Labute approximate surface area is 721 Å². The maximum absolute atomic E-state index is 13.0. The summed E-state index contributed by atoms with van der Waals surface area (Å²) in [5, 5.41) is 62.7. The van der Waals surface area contributed by atoms with E-state index in [1.165, 1.54) is 0 Å². The molecule has 0 radical (unpaired) electrons. The molecule has 0 atom stereocenters. The number of likely N-dealkylation sites (N-methyl/N-ethyl adjacent to an activating group) is 1. The van der Waals surface area contributed by atoms with Crippen LogP contribution in [0.1, 0.15) is 99.1 Å². The van der Waals surface area contributed by atoms with Gasteiger partial charge in [0.25, 0.3) is 17.7 Å². The molecule has 125 heavy (non-hydrogen) atoms. The number of aliphatic hydroxyl groups excluding tert-OH is 3. The van der Waals surface area contributed by atoms with Gasteiger partial charge < -0.3 is 83.9 Å². The Morgan fingerprint density at radius 3 is 1.02 bits per heavy atom. The van der Waals surface area contributed by atoms with Crippen LogP contribution in [0.3, 0.4) is 0 Å². The van der Waals surface area contributed by atoms with E-state index in [9.17, 15) is 44.6 Å². The number of amides is 6. The third kappa shape index (κ3) is 19.2. The molecule has 0 bridgehead atoms. The van der Waals surface area contributed by atoms with Gasteiger partial charge in [-0.05, 0) is 164 Å². The molecule has 12 heterocycles. The van der Waals surface area contributed by atoms with Crippen molar-refractivity contribution in [1.29, 1.82) is 15.8 Å². The molecule has 6 aromatic heterocycles. The molecule has 0 aliphatic carbocycles. The van der Waals surface area contributed by atoms with E-state index in [1.54, 1.807) is 69.7 Å². The highest BCUT2D eigenvalue weighted by Crippen LogP contribution is 2.39. The number of nitriles is 3. The number of benzene rings is 6. The van der Waals surface area contributed by atoms with Gasteiger partial charge in [-0.25, -0.2) is 0 Å². The maximum atomic E-state index is 13.0. The average molecular weight is 1680 g/mol. The molecular formula is C96H94N16O13. The highest BCUT2D eigenvalue weighted by molar-refractivity contribution is 6.01. The third-order valence-electron chi connectivity index (χ3n) is 23.9. The molecule has 29 heteroatoms. The van der Waals surface area contributed by atoms with Crippen LogP contribution in [0.5, 0.6) is 17.2 Å². The number of carbonyl (C=O) groups excluding carboxylic acids is 6. The van der Waals surface area contributed by atoms with E-state index >= 15 is 0 Å². The Hall–Kier alpha value is -14.1. The van der Waals surface area contributed by atoms with Crippen LogP contribution in [0.25, 0.3) is 100 Å². The van der Waals surface area contributed by atoms with Crippen LogP contribution < -0.4 is 19.5 Å². The summed E-state index contributed by atoms with van der Waals surface area (Å²) in [6.45, 7) is 7.63. The smallest absolute Gasteiger partial charge is 0.253 e. The number of carbonyl (C=O) groups is 6. The largest absolute Gasteiger partial charge is 0.489 e. The molecule has 6 amide bonds. The van der Waals surface area contributed by atoms with Crippen LogP contribution in [0.4, 0.5) is 0 Å². The second kappa shape index (κ2) is 38.5. The number of pyridine rings is 3. The number of hydrogen-bond donors (Lipinski definition) is 7. The van der Waals surface area contributed by atoms with Crippen molar-refractivity contribution in [2.75, 3.05) is 119 Å². The van der Waals surface area contributed by atoms with E-state index in [1.807, 2.05) is 137 Å². The predicted molar refractivity (Wildman–Crippen MR) is 468 cm³/mol. The Balaban J connectivity index is 0.000000138. The van der Waals surface area contributed by atoms with Crippen LogP contribution in [0, 0.1) is 34.0 Å². The lowest BCUT2D eigenvalue weighted by Crippen LogP contribution is -2.48. The minimum absolute atomic E-state index is 0.0609. The summed E-state index contributed by atoms with van der Waals surface area (Å²) >= 11 is 0. The van der Waals surface area contributed by atoms with E-state index < -0.39 is 19.8 Å². The number of aliphatic hydroxyl groups is 3. The Morgan fingerprint density at radius 2 is 0.712 bits per heavy atom. The van der Waals surface area contributed by atoms with Crippen molar-refractivity contribution in [2.24, 2.45) is 0 Å².